The molecule has 0 atom stereocenters. The first-order chi connectivity index (χ1) is 5.69. The molecule has 1 heterocycles. The average molecular weight is 229 g/mol. The molecule has 4 nitrogen and oxygen atoms in total. The summed E-state index contributed by atoms with van der Waals surface area (Å²) >= 11 is 3.22. The molecule has 5 heteroatoms. The molecule has 0 aliphatic rings. The van der Waals surface area contributed by atoms with Crippen molar-refractivity contribution in [1.82, 2.24) is 14.8 Å². The lowest BCUT2D eigenvalue weighted by atomic mass is 10.6. The molecule has 64 valence electrons. The lowest BCUT2D eigenvalue weighted by molar-refractivity contribution is 0.925. The molecule has 0 aliphatic carbocycles. The number of rotatable bonds is 3. The van der Waals surface area contributed by atoms with Crippen LogP contribution in [0.15, 0.2) is 13.2 Å². The van der Waals surface area contributed by atoms with Crippen molar-refractivity contribution in [2.75, 3.05) is 12.4 Å². The van der Waals surface area contributed by atoms with Crippen LogP contribution < -0.4 is 5.32 Å². The van der Waals surface area contributed by atoms with Gasteiger partial charge in [0.05, 0.1) is 4.48 Å². The van der Waals surface area contributed by atoms with Gasteiger partial charge in [-0.3, -0.25) is 0 Å². The first kappa shape index (κ1) is 8.99. The summed E-state index contributed by atoms with van der Waals surface area (Å²) in [6, 6.07) is 0. The number of hydrogen-bond acceptors (Lipinski definition) is 3. The van der Waals surface area contributed by atoms with Crippen LogP contribution in [0.3, 0.4) is 0 Å². The average Bonchev–Trinajstić information content (AvgIpc) is 2.47. The molecule has 0 aromatic carbocycles. The molecule has 12 heavy (non-hydrogen) atoms. The van der Waals surface area contributed by atoms with Gasteiger partial charge in [-0.25, -0.2) is 4.68 Å². The number of nitrogens with zero attached hydrogens (tertiary/aromatic N) is 3. The highest BCUT2D eigenvalue weighted by Crippen LogP contribution is 2.17. The molecule has 0 saturated heterocycles. The van der Waals surface area contributed by atoms with Crippen LogP contribution in [0, 0.1) is 0 Å². The minimum atomic E-state index is 0.547. The van der Waals surface area contributed by atoms with Gasteiger partial charge in [-0.05, 0) is 15.9 Å². The van der Waals surface area contributed by atoms with Crippen molar-refractivity contribution in [3.63, 3.8) is 0 Å². The Labute approximate surface area is 79.1 Å². The Morgan fingerprint density at radius 2 is 2.42 bits per heavy atom. The van der Waals surface area contributed by atoms with E-state index >= 15 is 0 Å². The highest BCUT2D eigenvalue weighted by Gasteiger charge is 2.07. The van der Waals surface area contributed by atoms with Crippen LogP contribution in [0.2, 0.25) is 0 Å². The zero-order chi connectivity index (χ0) is 9.14. The second-order valence-corrected chi connectivity index (χ2v) is 3.00. The van der Waals surface area contributed by atoms with Crippen molar-refractivity contribution in [3.8, 4) is 0 Å². The molecule has 0 aliphatic heterocycles. The lowest BCUT2D eigenvalue weighted by Gasteiger charge is -1.93. The molecular weight excluding hydrogens is 220 g/mol. The molecule has 1 N–H and O–H groups in total. The van der Waals surface area contributed by atoms with E-state index < -0.39 is 0 Å². The van der Waals surface area contributed by atoms with Crippen molar-refractivity contribution in [3.05, 3.63) is 19.0 Å². The molecule has 1 rings (SSSR count). The van der Waals surface area contributed by atoms with E-state index in [2.05, 4.69) is 44.5 Å². The maximum absolute atomic E-state index is 4.12. The summed E-state index contributed by atoms with van der Waals surface area (Å²) in [6.45, 7) is 7.29. The predicted octanol–water partition coefficient (Wildman–Crippen LogP) is 1.79. The molecule has 0 amide bonds. The Balaban J connectivity index is 3.16. The number of halogens is 1. The number of hydrogen-bond donors (Lipinski definition) is 1. The molecule has 0 radical (unpaired) electrons. The van der Waals surface area contributed by atoms with Gasteiger partial charge in [0.1, 0.15) is 0 Å². The fourth-order valence-electron chi connectivity index (χ4n) is 0.741. The molecule has 0 bridgehead atoms. The highest BCUT2D eigenvalue weighted by molar-refractivity contribution is 9.15. The van der Waals surface area contributed by atoms with Crippen molar-refractivity contribution in [2.45, 2.75) is 0 Å². The fourth-order valence-corrected chi connectivity index (χ4v) is 1.01. The van der Waals surface area contributed by atoms with Crippen LogP contribution in [0.5, 0.6) is 0 Å². The molecule has 0 unspecified atom stereocenters. The zero-order valence-electron chi connectivity index (χ0n) is 6.71. The van der Waals surface area contributed by atoms with E-state index in [4.69, 9.17) is 0 Å². The monoisotopic (exact) mass is 228 g/mol. The van der Waals surface area contributed by atoms with Gasteiger partial charge in [-0.2, -0.15) is 4.98 Å². The van der Waals surface area contributed by atoms with Crippen molar-refractivity contribution < 1.29 is 0 Å². The van der Waals surface area contributed by atoms with Gasteiger partial charge in [-0.1, -0.05) is 13.2 Å². The van der Waals surface area contributed by atoms with Gasteiger partial charge < -0.3 is 5.32 Å². The maximum atomic E-state index is 4.12. The van der Waals surface area contributed by atoms with Crippen LogP contribution in [-0.2, 0) is 0 Å². The molecule has 0 spiro atoms. The Hall–Kier alpha value is -1.10. The standard InChI is InChI=1S/C7H9BrN4/c1-4-12-6(5(2)8)10-7(9-3)11-12/h4H,1-2H2,3H3,(H,9,11). The Bertz CT molecular complexity index is 315. The van der Waals surface area contributed by atoms with Gasteiger partial charge in [0, 0.05) is 13.2 Å². The minimum Gasteiger partial charge on any atom is -0.356 e. The first-order valence-electron chi connectivity index (χ1n) is 3.30. The van der Waals surface area contributed by atoms with Crippen LogP contribution in [-0.4, -0.2) is 21.8 Å². The van der Waals surface area contributed by atoms with E-state index in [0.29, 0.717) is 16.3 Å². The van der Waals surface area contributed by atoms with Crippen LogP contribution >= 0.6 is 15.9 Å². The Morgan fingerprint density at radius 1 is 1.75 bits per heavy atom. The van der Waals surface area contributed by atoms with E-state index in [-0.39, 0.29) is 0 Å². The number of aromatic nitrogens is 3. The lowest BCUT2D eigenvalue weighted by Crippen LogP contribution is -1.93. The third kappa shape index (κ3) is 1.55. The van der Waals surface area contributed by atoms with Crippen LogP contribution in [0.25, 0.3) is 10.7 Å². The van der Waals surface area contributed by atoms with E-state index in [9.17, 15) is 0 Å². The van der Waals surface area contributed by atoms with Gasteiger partial charge in [0.25, 0.3) is 0 Å². The molecule has 1 aromatic heterocycles. The van der Waals surface area contributed by atoms with E-state index in [1.54, 1.807) is 17.9 Å². The normalized spacial score (nSPS) is 9.50. The topological polar surface area (TPSA) is 42.7 Å². The van der Waals surface area contributed by atoms with Gasteiger partial charge >= 0.3 is 0 Å². The minimum absolute atomic E-state index is 0.547. The molecule has 0 saturated carbocycles. The predicted molar refractivity (Wildman–Crippen MR) is 53.9 cm³/mol. The van der Waals surface area contributed by atoms with Gasteiger partial charge in [-0.15, -0.1) is 5.10 Å². The Morgan fingerprint density at radius 3 is 2.75 bits per heavy atom. The second kappa shape index (κ2) is 3.53. The number of anilines is 1. The van der Waals surface area contributed by atoms with E-state index in [1.807, 2.05) is 0 Å². The van der Waals surface area contributed by atoms with Crippen molar-refractivity contribution >= 4 is 32.6 Å². The third-order valence-electron chi connectivity index (χ3n) is 1.27. The third-order valence-corrected chi connectivity index (χ3v) is 1.63. The molecule has 0 fully saturated rings. The summed E-state index contributed by atoms with van der Waals surface area (Å²) in [6.07, 6.45) is 1.57. The molecule has 1 aromatic rings. The quantitative estimate of drug-likeness (QED) is 0.859. The zero-order valence-corrected chi connectivity index (χ0v) is 8.30. The van der Waals surface area contributed by atoms with Crippen molar-refractivity contribution in [1.29, 1.82) is 0 Å². The first-order valence-corrected chi connectivity index (χ1v) is 4.10. The summed E-state index contributed by atoms with van der Waals surface area (Å²) in [5.74, 6) is 1.19. The summed E-state index contributed by atoms with van der Waals surface area (Å²) in [4.78, 5) is 4.12. The number of nitrogens with one attached hydrogen (secondary N) is 1. The maximum Gasteiger partial charge on any atom is 0.242 e. The van der Waals surface area contributed by atoms with E-state index in [1.165, 1.54) is 0 Å². The van der Waals surface area contributed by atoms with Gasteiger partial charge in [0.15, 0.2) is 5.82 Å². The second-order valence-electron chi connectivity index (χ2n) is 2.04. The highest BCUT2D eigenvalue weighted by atomic mass is 79.9. The summed E-state index contributed by atoms with van der Waals surface area (Å²) in [5, 5.41) is 6.88. The summed E-state index contributed by atoms with van der Waals surface area (Å²) in [7, 11) is 1.75. The SMILES string of the molecule is C=Cn1nc(NC)nc1C(=C)Br. The van der Waals surface area contributed by atoms with Crippen LogP contribution in [0.4, 0.5) is 5.95 Å². The van der Waals surface area contributed by atoms with Gasteiger partial charge in [0.2, 0.25) is 5.95 Å². The summed E-state index contributed by atoms with van der Waals surface area (Å²) < 4.78 is 2.22. The Kier molecular flexibility index (Phi) is 2.65. The van der Waals surface area contributed by atoms with E-state index in [0.717, 1.165) is 0 Å². The fraction of sp³-hybridized carbons (Fsp3) is 0.143. The van der Waals surface area contributed by atoms with Crippen molar-refractivity contribution in [2.24, 2.45) is 0 Å². The largest absolute Gasteiger partial charge is 0.356 e. The molecular formula is C7H9BrN4. The summed E-state index contributed by atoms with van der Waals surface area (Å²) in [5.41, 5.74) is 0. The smallest absolute Gasteiger partial charge is 0.242 e. The van der Waals surface area contributed by atoms with Crippen LogP contribution in [0.1, 0.15) is 5.82 Å².